The average Bonchev–Trinajstić information content (AvgIpc) is 2.09. The molecule has 0 aliphatic rings. The summed E-state index contributed by atoms with van der Waals surface area (Å²) in [5, 5.41) is 0. The number of hydrogen-bond donors (Lipinski definition) is 1. The zero-order valence-electron chi connectivity index (χ0n) is 7.87. The molecular formula is C9H14BrN3. The molecule has 0 bridgehead atoms. The van der Waals surface area contributed by atoms with Gasteiger partial charge in [0.1, 0.15) is 5.82 Å². The van der Waals surface area contributed by atoms with Crippen molar-refractivity contribution in [3.8, 4) is 0 Å². The number of halogens is 1. The smallest absolute Gasteiger partial charge is 0.132 e. The van der Waals surface area contributed by atoms with Crippen molar-refractivity contribution in [2.45, 2.75) is 32.2 Å². The maximum atomic E-state index is 5.83. The van der Waals surface area contributed by atoms with Gasteiger partial charge in [-0.2, -0.15) is 0 Å². The van der Waals surface area contributed by atoms with Gasteiger partial charge in [0.25, 0.3) is 0 Å². The van der Waals surface area contributed by atoms with Crippen LogP contribution in [0.2, 0.25) is 0 Å². The molecule has 1 aromatic rings. The minimum Gasteiger partial charge on any atom is -0.327 e. The van der Waals surface area contributed by atoms with Crippen LogP contribution in [0, 0.1) is 0 Å². The van der Waals surface area contributed by atoms with Gasteiger partial charge in [0.05, 0.1) is 4.47 Å². The quantitative estimate of drug-likeness (QED) is 0.885. The molecule has 72 valence electrons. The fourth-order valence-corrected chi connectivity index (χ4v) is 1.51. The van der Waals surface area contributed by atoms with Gasteiger partial charge in [-0.05, 0) is 29.3 Å². The molecule has 0 aliphatic heterocycles. The highest BCUT2D eigenvalue weighted by molar-refractivity contribution is 9.10. The molecular weight excluding hydrogens is 230 g/mol. The van der Waals surface area contributed by atoms with E-state index in [0.29, 0.717) is 0 Å². The summed E-state index contributed by atoms with van der Waals surface area (Å²) < 4.78 is 0.899. The van der Waals surface area contributed by atoms with Gasteiger partial charge in [-0.15, -0.1) is 0 Å². The van der Waals surface area contributed by atoms with E-state index in [1.807, 2.05) is 6.92 Å². The summed E-state index contributed by atoms with van der Waals surface area (Å²) in [7, 11) is 0. The predicted octanol–water partition coefficient (Wildman–Crippen LogP) is 2.08. The van der Waals surface area contributed by atoms with Crippen LogP contribution in [0.25, 0.3) is 0 Å². The minimum absolute atomic E-state index is 0.103. The standard InChI is InChI=1S/C9H14BrN3/c1-3-8(6(2)11)9-12-4-7(10)5-13-9/h4-6,8H,3,11H2,1-2H3. The summed E-state index contributed by atoms with van der Waals surface area (Å²) in [6.07, 6.45) is 4.49. The van der Waals surface area contributed by atoms with Crippen LogP contribution >= 0.6 is 15.9 Å². The zero-order valence-corrected chi connectivity index (χ0v) is 9.45. The molecule has 4 heteroatoms. The Labute approximate surface area is 86.9 Å². The molecule has 13 heavy (non-hydrogen) atoms. The first-order valence-corrected chi connectivity index (χ1v) is 5.17. The van der Waals surface area contributed by atoms with Gasteiger partial charge in [-0.3, -0.25) is 0 Å². The van der Waals surface area contributed by atoms with Crippen LogP contribution in [-0.4, -0.2) is 16.0 Å². The van der Waals surface area contributed by atoms with Crippen molar-refractivity contribution >= 4 is 15.9 Å². The molecule has 0 fully saturated rings. The zero-order chi connectivity index (χ0) is 9.84. The topological polar surface area (TPSA) is 51.8 Å². The van der Waals surface area contributed by atoms with Crippen molar-refractivity contribution in [1.82, 2.24) is 9.97 Å². The summed E-state index contributed by atoms with van der Waals surface area (Å²) in [5.41, 5.74) is 5.83. The van der Waals surface area contributed by atoms with Crippen molar-refractivity contribution in [2.75, 3.05) is 0 Å². The summed E-state index contributed by atoms with van der Waals surface area (Å²) in [6.45, 7) is 4.08. The van der Waals surface area contributed by atoms with Gasteiger partial charge < -0.3 is 5.73 Å². The fourth-order valence-electron chi connectivity index (χ4n) is 1.30. The van der Waals surface area contributed by atoms with Gasteiger partial charge >= 0.3 is 0 Å². The molecule has 2 atom stereocenters. The molecule has 0 aliphatic carbocycles. The third kappa shape index (κ3) is 2.74. The highest BCUT2D eigenvalue weighted by Gasteiger charge is 2.16. The molecule has 1 rings (SSSR count). The Morgan fingerprint density at radius 2 is 2.00 bits per heavy atom. The first kappa shape index (κ1) is 10.6. The molecule has 0 amide bonds. The van der Waals surface area contributed by atoms with Gasteiger partial charge in [0, 0.05) is 24.4 Å². The van der Waals surface area contributed by atoms with E-state index in [-0.39, 0.29) is 12.0 Å². The summed E-state index contributed by atoms with van der Waals surface area (Å²) in [6, 6.07) is 0.103. The van der Waals surface area contributed by atoms with E-state index in [2.05, 4.69) is 32.8 Å². The van der Waals surface area contributed by atoms with E-state index in [9.17, 15) is 0 Å². The Bertz CT molecular complexity index is 258. The monoisotopic (exact) mass is 243 g/mol. The van der Waals surface area contributed by atoms with Crippen LogP contribution in [0.5, 0.6) is 0 Å². The molecule has 0 saturated carbocycles. The molecule has 2 unspecified atom stereocenters. The Morgan fingerprint density at radius 3 is 2.38 bits per heavy atom. The lowest BCUT2D eigenvalue weighted by molar-refractivity contribution is 0.525. The van der Waals surface area contributed by atoms with Gasteiger partial charge in [0.2, 0.25) is 0 Å². The average molecular weight is 244 g/mol. The maximum Gasteiger partial charge on any atom is 0.132 e. The first-order chi connectivity index (χ1) is 6.15. The fraction of sp³-hybridized carbons (Fsp3) is 0.556. The van der Waals surface area contributed by atoms with Crippen molar-refractivity contribution in [3.05, 3.63) is 22.7 Å². The van der Waals surface area contributed by atoms with Crippen LogP contribution in [-0.2, 0) is 0 Å². The molecule has 3 nitrogen and oxygen atoms in total. The Hall–Kier alpha value is -0.480. The number of nitrogens with zero attached hydrogens (tertiary/aromatic N) is 2. The van der Waals surface area contributed by atoms with Crippen LogP contribution in [0.1, 0.15) is 32.0 Å². The third-order valence-corrected chi connectivity index (χ3v) is 2.46. The molecule has 0 saturated heterocycles. The van der Waals surface area contributed by atoms with Crippen LogP contribution in [0.15, 0.2) is 16.9 Å². The van der Waals surface area contributed by atoms with Gasteiger partial charge in [-0.25, -0.2) is 9.97 Å². The molecule has 0 spiro atoms. The van der Waals surface area contributed by atoms with Crippen molar-refractivity contribution in [1.29, 1.82) is 0 Å². The van der Waals surface area contributed by atoms with Crippen LogP contribution < -0.4 is 5.73 Å². The number of nitrogens with two attached hydrogens (primary N) is 1. The molecule has 1 heterocycles. The second-order valence-corrected chi connectivity index (χ2v) is 4.05. The molecule has 0 radical (unpaired) electrons. The molecule has 0 aromatic carbocycles. The van der Waals surface area contributed by atoms with Crippen LogP contribution in [0.4, 0.5) is 0 Å². The molecule has 2 N–H and O–H groups in total. The van der Waals surface area contributed by atoms with Crippen molar-refractivity contribution in [3.63, 3.8) is 0 Å². The minimum atomic E-state index is 0.103. The van der Waals surface area contributed by atoms with E-state index < -0.39 is 0 Å². The predicted molar refractivity (Wildman–Crippen MR) is 56.4 cm³/mol. The van der Waals surface area contributed by atoms with Crippen molar-refractivity contribution < 1.29 is 0 Å². The van der Waals surface area contributed by atoms with E-state index in [1.54, 1.807) is 12.4 Å². The number of hydrogen-bond acceptors (Lipinski definition) is 3. The van der Waals surface area contributed by atoms with Crippen LogP contribution in [0.3, 0.4) is 0 Å². The van der Waals surface area contributed by atoms with E-state index in [0.717, 1.165) is 16.7 Å². The van der Waals surface area contributed by atoms with E-state index in [4.69, 9.17) is 5.73 Å². The number of rotatable bonds is 3. The summed E-state index contributed by atoms with van der Waals surface area (Å²) in [4.78, 5) is 8.47. The SMILES string of the molecule is CCC(c1ncc(Br)cn1)C(C)N. The Morgan fingerprint density at radius 1 is 1.46 bits per heavy atom. The van der Waals surface area contributed by atoms with Gasteiger partial charge in [-0.1, -0.05) is 6.92 Å². The second-order valence-electron chi connectivity index (χ2n) is 3.13. The lowest BCUT2D eigenvalue weighted by Crippen LogP contribution is -2.25. The summed E-state index contributed by atoms with van der Waals surface area (Å²) >= 11 is 3.30. The Balaban J connectivity index is 2.86. The molecule has 1 aromatic heterocycles. The van der Waals surface area contributed by atoms with E-state index in [1.165, 1.54) is 0 Å². The lowest BCUT2D eigenvalue weighted by Gasteiger charge is -2.16. The second kappa shape index (κ2) is 4.67. The summed E-state index contributed by atoms with van der Waals surface area (Å²) in [5.74, 6) is 1.09. The van der Waals surface area contributed by atoms with Crippen molar-refractivity contribution in [2.24, 2.45) is 5.73 Å². The lowest BCUT2D eigenvalue weighted by atomic mass is 9.98. The van der Waals surface area contributed by atoms with E-state index >= 15 is 0 Å². The first-order valence-electron chi connectivity index (χ1n) is 4.38. The number of aromatic nitrogens is 2. The third-order valence-electron chi connectivity index (χ3n) is 2.05. The Kier molecular flexibility index (Phi) is 3.81. The highest BCUT2D eigenvalue weighted by atomic mass is 79.9. The normalized spacial score (nSPS) is 15.4. The largest absolute Gasteiger partial charge is 0.327 e. The highest BCUT2D eigenvalue weighted by Crippen LogP contribution is 2.18. The van der Waals surface area contributed by atoms with Gasteiger partial charge in [0.15, 0.2) is 0 Å². The maximum absolute atomic E-state index is 5.83.